The molecule has 0 spiro atoms. The van der Waals surface area contributed by atoms with Crippen LogP contribution >= 0.6 is 7.37 Å². The van der Waals surface area contributed by atoms with Crippen LogP contribution in [0.2, 0.25) is 0 Å². The van der Waals surface area contributed by atoms with Crippen molar-refractivity contribution in [3.05, 3.63) is 41.7 Å². The predicted octanol–water partition coefficient (Wildman–Crippen LogP) is 9.54. The Bertz CT molecular complexity index is 1290. The normalized spacial score (nSPS) is 12.6. The van der Waals surface area contributed by atoms with Crippen LogP contribution in [-0.4, -0.2) is 140 Å². The van der Waals surface area contributed by atoms with Gasteiger partial charge in [-0.05, 0) is 31.0 Å². The molecule has 0 N–H and O–H groups in total. The topological polar surface area (TPSA) is 140 Å². The Kier molecular flexibility index (Phi) is 37.8. The molecule has 0 aliphatic rings. The maximum Gasteiger partial charge on any atom is 0.202 e. The lowest BCUT2D eigenvalue weighted by atomic mass is 10.0. The monoisotopic (exact) mass is 900 g/mol. The summed E-state index contributed by atoms with van der Waals surface area (Å²) in [6, 6.07) is 8.26. The molecule has 62 heavy (non-hydrogen) atoms. The van der Waals surface area contributed by atoms with Crippen LogP contribution in [0.4, 0.5) is 0 Å². The van der Waals surface area contributed by atoms with Gasteiger partial charge in [-0.1, -0.05) is 121 Å². The molecule has 0 bridgehead atoms. The number of nitrogens with zero attached hydrogens (tertiary/aromatic N) is 3. The maximum absolute atomic E-state index is 12.0. The van der Waals surface area contributed by atoms with E-state index >= 15 is 0 Å². The van der Waals surface area contributed by atoms with Crippen molar-refractivity contribution in [1.29, 1.82) is 0 Å². The van der Waals surface area contributed by atoms with E-state index in [1.165, 1.54) is 96.3 Å². The average Bonchev–Trinajstić information content (AvgIpc) is 3.72. The van der Waals surface area contributed by atoms with Gasteiger partial charge in [0, 0.05) is 12.8 Å². The number of unbranched alkanes of at least 4 members (excludes halogenated alkanes) is 15. The lowest BCUT2D eigenvalue weighted by molar-refractivity contribution is -0.0234. The highest BCUT2D eigenvalue weighted by atomic mass is 31.2. The van der Waals surface area contributed by atoms with Gasteiger partial charge in [0.05, 0.1) is 132 Å². The van der Waals surface area contributed by atoms with Gasteiger partial charge in [0.2, 0.25) is 7.37 Å². The van der Waals surface area contributed by atoms with Crippen LogP contribution < -0.4 is 4.74 Å². The molecule has 0 saturated carbocycles. The Morgan fingerprint density at radius 2 is 0.903 bits per heavy atom. The number of rotatable bonds is 48. The zero-order chi connectivity index (χ0) is 44.3. The molecule has 1 aromatic carbocycles. The predicted molar refractivity (Wildman–Crippen MR) is 246 cm³/mol. The fraction of sp³-hybridized carbons (Fsp3) is 0.830. The number of hydrogen-bond donors (Lipinski definition) is 0. The van der Waals surface area contributed by atoms with Gasteiger partial charge >= 0.3 is 0 Å². The van der Waals surface area contributed by atoms with Crippen LogP contribution in [0.15, 0.2) is 30.5 Å². The van der Waals surface area contributed by atoms with Gasteiger partial charge in [0.25, 0.3) is 0 Å². The van der Waals surface area contributed by atoms with Crippen LogP contribution in [0.25, 0.3) is 0 Å². The first-order valence-electron chi connectivity index (χ1n) is 24.0. The van der Waals surface area contributed by atoms with Gasteiger partial charge in [-0.15, -0.1) is 5.10 Å². The van der Waals surface area contributed by atoms with Crippen molar-refractivity contribution in [2.24, 2.45) is 0 Å². The fourth-order valence-corrected chi connectivity index (χ4v) is 7.62. The largest absolute Gasteiger partial charge is 0.494 e. The molecule has 0 radical (unpaired) electrons. The fourth-order valence-electron chi connectivity index (χ4n) is 6.48. The van der Waals surface area contributed by atoms with Crippen LogP contribution in [0.5, 0.6) is 5.75 Å². The molecular weight excluding hydrogens is 814 g/mol. The molecular formula is C47H86N3O11P. The summed E-state index contributed by atoms with van der Waals surface area (Å²) in [4.78, 5) is 0. The Morgan fingerprint density at radius 3 is 1.34 bits per heavy atom. The second-order valence-electron chi connectivity index (χ2n) is 15.7. The first-order chi connectivity index (χ1) is 30.5. The molecule has 15 heteroatoms. The quantitative estimate of drug-likeness (QED) is 0.0461. The van der Waals surface area contributed by atoms with Gasteiger partial charge < -0.3 is 47.2 Å². The van der Waals surface area contributed by atoms with E-state index in [-0.39, 0.29) is 0 Å². The summed E-state index contributed by atoms with van der Waals surface area (Å²) in [6.45, 7) is 15.2. The van der Waals surface area contributed by atoms with Crippen molar-refractivity contribution in [3.63, 3.8) is 0 Å². The molecule has 1 unspecified atom stereocenters. The van der Waals surface area contributed by atoms with Crippen LogP contribution in [0.1, 0.15) is 128 Å². The van der Waals surface area contributed by atoms with Crippen molar-refractivity contribution >= 4 is 7.37 Å². The Morgan fingerprint density at radius 1 is 0.500 bits per heavy atom. The Labute approximate surface area is 375 Å². The highest BCUT2D eigenvalue weighted by Crippen LogP contribution is 2.41. The zero-order valence-corrected chi connectivity index (χ0v) is 40.0. The third-order valence-corrected chi connectivity index (χ3v) is 11.8. The second kappa shape index (κ2) is 41.7. The molecule has 2 aromatic rings. The molecule has 0 aliphatic carbocycles. The molecule has 0 amide bonds. The molecule has 1 atom stereocenters. The average molecular weight is 900 g/mol. The molecule has 0 saturated heterocycles. The summed E-state index contributed by atoms with van der Waals surface area (Å²) in [5.74, 6) is 0.919. The minimum absolute atomic E-state index is 0.384. The first kappa shape index (κ1) is 56.2. The number of ether oxygens (including phenoxy) is 9. The summed E-state index contributed by atoms with van der Waals surface area (Å²) < 4.78 is 69.3. The van der Waals surface area contributed by atoms with Gasteiger partial charge in [-0.25, -0.2) is 4.68 Å². The second-order valence-corrected chi connectivity index (χ2v) is 18.4. The summed E-state index contributed by atoms with van der Waals surface area (Å²) >= 11 is 0. The van der Waals surface area contributed by atoms with Crippen molar-refractivity contribution in [2.75, 3.05) is 125 Å². The SMILES string of the molecule is CCCCCCCCCCCCCCCCCCOc1ccc(Cn2cc(COCCOCCOCCOCCOCCOCCOCCOCCP(C)(=O)OCC)nn2)cc1. The van der Waals surface area contributed by atoms with Crippen molar-refractivity contribution in [3.8, 4) is 5.75 Å². The van der Waals surface area contributed by atoms with E-state index in [1.807, 2.05) is 29.9 Å². The smallest absolute Gasteiger partial charge is 0.202 e. The van der Waals surface area contributed by atoms with Crippen LogP contribution in [0, 0.1) is 0 Å². The third kappa shape index (κ3) is 35.4. The van der Waals surface area contributed by atoms with Gasteiger partial charge in [-0.3, -0.25) is 4.57 Å². The zero-order valence-electron chi connectivity index (χ0n) is 39.1. The third-order valence-electron chi connectivity index (χ3n) is 10.0. The van der Waals surface area contributed by atoms with E-state index in [4.69, 9.17) is 47.2 Å². The standard InChI is InChI=1S/C47H86N3O11P/c1-4-6-7-8-9-10-11-12-13-14-15-16-17-18-19-20-25-60-47-23-21-45(22-24-47)42-50-43-46(48-49-50)44-59-39-38-57-35-34-55-31-30-53-27-26-52-28-29-54-32-33-56-36-37-58-40-41-62(3,51)61-5-2/h21-24,43H,4-20,25-42,44H2,1-3H3. The van der Waals surface area contributed by atoms with E-state index in [9.17, 15) is 4.57 Å². The number of aromatic nitrogens is 3. The summed E-state index contributed by atoms with van der Waals surface area (Å²) in [5, 5.41) is 8.49. The van der Waals surface area contributed by atoms with E-state index in [1.54, 1.807) is 6.66 Å². The summed E-state index contributed by atoms with van der Waals surface area (Å²) in [5.41, 5.74) is 1.93. The van der Waals surface area contributed by atoms with E-state index < -0.39 is 7.37 Å². The van der Waals surface area contributed by atoms with Gasteiger partial charge in [-0.2, -0.15) is 0 Å². The Balaban J connectivity index is 1.29. The summed E-state index contributed by atoms with van der Waals surface area (Å²) in [7, 11) is -2.53. The highest BCUT2D eigenvalue weighted by Gasteiger charge is 2.14. The van der Waals surface area contributed by atoms with Crippen molar-refractivity contribution < 1.29 is 51.7 Å². The molecule has 360 valence electrons. The first-order valence-corrected chi connectivity index (χ1v) is 26.2. The lowest BCUT2D eigenvalue weighted by Gasteiger charge is -2.12. The Hall–Kier alpha value is -1.97. The lowest BCUT2D eigenvalue weighted by Crippen LogP contribution is -2.15. The van der Waals surface area contributed by atoms with Gasteiger partial charge in [0.15, 0.2) is 0 Å². The molecule has 0 aliphatic heterocycles. The minimum atomic E-state index is -2.53. The van der Waals surface area contributed by atoms with Gasteiger partial charge in [0.1, 0.15) is 11.4 Å². The number of benzene rings is 1. The van der Waals surface area contributed by atoms with E-state index in [2.05, 4.69) is 29.4 Å². The van der Waals surface area contributed by atoms with E-state index in [0.29, 0.717) is 125 Å². The number of hydrogen-bond acceptors (Lipinski definition) is 13. The van der Waals surface area contributed by atoms with Crippen molar-refractivity contribution in [1.82, 2.24) is 15.0 Å². The molecule has 0 fully saturated rings. The summed E-state index contributed by atoms with van der Waals surface area (Å²) in [6.07, 6.45) is 24.3. The minimum Gasteiger partial charge on any atom is -0.494 e. The molecule has 1 aromatic heterocycles. The van der Waals surface area contributed by atoms with Crippen molar-refractivity contribution in [2.45, 2.75) is 130 Å². The maximum atomic E-state index is 12.0. The van der Waals surface area contributed by atoms with Crippen LogP contribution in [-0.2, 0) is 60.1 Å². The molecule has 2 rings (SSSR count). The molecule has 1 heterocycles. The van der Waals surface area contributed by atoms with E-state index in [0.717, 1.165) is 30.0 Å². The van der Waals surface area contributed by atoms with Crippen LogP contribution in [0.3, 0.4) is 0 Å². The molecule has 14 nitrogen and oxygen atoms in total. The highest BCUT2D eigenvalue weighted by molar-refractivity contribution is 7.58.